The Labute approximate surface area is 236 Å². The van der Waals surface area contributed by atoms with Gasteiger partial charge in [-0.25, -0.2) is 0 Å². The van der Waals surface area contributed by atoms with Crippen molar-refractivity contribution >= 4 is 24.0 Å². The van der Waals surface area contributed by atoms with Crippen LogP contribution in [-0.2, 0) is 10.8 Å². The number of ether oxygens (including phenoxy) is 1. The van der Waals surface area contributed by atoms with E-state index in [4.69, 9.17) is 4.74 Å². The van der Waals surface area contributed by atoms with Gasteiger partial charge in [0.1, 0.15) is 0 Å². The molecule has 0 radical (unpaired) electrons. The number of hydrogen-bond acceptors (Lipinski definition) is 1. The van der Waals surface area contributed by atoms with Crippen LogP contribution in [0.2, 0.25) is 13.3 Å². The topological polar surface area (TPSA) is 9.23 Å². The molecule has 0 saturated carbocycles. The predicted octanol–water partition coefficient (Wildman–Crippen LogP) is 11.6. The van der Waals surface area contributed by atoms with Crippen LogP contribution in [0, 0.1) is 0 Å². The third kappa shape index (κ3) is 10.6. The number of allylic oxidation sites excluding steroid dienone is 3. The summed E-state index contributed by atoms with van der Waals surface area (Å²) < 4.78 is 51.9. The van der Waals surface area contributed by atoms with Gasteiger partial charge in [0.15, 0.2) is 0 Å². The van der Waals surface area contributed by atoms with E-state index in [2.05, 4.69) is 74.4 Å². The molecule has 0 aliphatic carbocycles. The van der Waals surface area contributed by atoms with Crippen LogP contribution in [0.3, 0.4) is 0 Å². The van der Waals surface area contributed by atoms with E-state index >= 15 is 4.39 Å². The molecule has 0 fully saturated rings. The fourth-order valence-electron chi connectivity index (χ4n) is 4.96. The van der Waals surface area contributed by atoms with Crippen molar-refractivity contribution in [1.29, 1.82) is 0 Å². The van der Waals surface area contributed by atoms with E-state index in [1.54, 1.807) is 6.08 Å². The van der Waals surface area contributed by atoms with Crippen LogP contribution in [0.5, 0.6) is 5.75 Å². The van der Waals surface area contributed by atoms with Gasteiger partial charge in [-0.2, -0.15) is 0 Å². The summed E-state index contributed by atoms with van der Waals surface area (Å²) in [5.74, 6) is 0.492. The molecule has 0 amide bonds. The molecule has 0 aliphatic rings. The van der Waals surface area contributed by atoms with Gasteiger partial charge in [-0.1, -0.05) is 0 Å². The van der Waals surface area contributed by atoms with Crippen LogP contribution >= 0.6 is 0 Å². The standard InChI is InChI=1S/C21H28F3O.3C4H9.Sn/c1-14(9-8-10-22)16-11-15(20(2,3)4)12-17(21(5,6)7)19(16)25-13-18(23)24;3*1-3-4-2;/h8-9,11-12,18H,13H2,1-7H3;3*1,3-4H2,2H3;. The van der Waals surface area contributed by atoms with Crippen LogP contribution in [0.1, 0.15) is 124 Å². The van der Waals surface area contributed by atoms with Crippen LogP contribution in [0.25, 0.3) is 5.57 Å². The van der Waals surface area contributed by atoms with Gasteiger partial charge in [0, 0.05) is 0 Å². The number of rotatable bonds is 15. The summed E-state index contributed by atoms with van der Waals surface area (Å²) in [5.41, 5.74) is 3.21. The van der Waals surface area contributed by atoms with Crippen molar-refractivity contribution in [1.82, 2.24) is 0 Å². The van der Waals surface area contributed by atoms with E-state index in [1.807, 2.05) is 13.0 Å². The Hall–Kier alpha value is -0.911. The van der Waals surface area contributed by atoms with Crippen molar-refractivity contribution < 1.29 is 17.9 Å². The number of benzene rings is 1. The molecule has 1 aromatic rings. The Morgan fingerprint density at radius 1 is 0.842 bits per heavy atom. The molecule has 1 rings (SSSR count). The average molecular weight is 644 g/mol. The number of unbranched alkanes of at least 4 members (excludes halogenated alkanes) is 3. The zero-order chi connectivity index (χ0) is 29.1. The molecule has 0 atom stereocenters. The molecule has 0 heterocycles. The van der Waals surface area contributed by atoms with Crippen LogP contribution in [0.4, 0.5) is 13.2 Å². The maximum absolute atomic E-state index is 16.2. The molecule has 218 valence electrons. The molecule has 1 aromatic carbocycles. The van der Waals surface area contributed by atoms with Gasteiger partial charge < -0.3 is 0 Å². The van der Waals surface area contributed by atoms with Crippen molar-refractivity contribution in [3.63, 3.8) is 0 Å². The van der Waals surface area contributed by atoms with Crippen molar-refractivity contribution in [2.24, 2.45) is 0 Å². The predicted molar refractivity (Wildman–Crippen MR) is 163 cm³/mol. The van der Waals surface area contributed by atoms with Crippen molar-refractivity contribution in [3.8, 4) is 5.75 Å². The van der Waals surface area contributed by atoms with Gasteiger partial charge in [0.05, 0.1) is 0 Å². The van der Waals surface area contributed by atoms with E-state index in [0.29, 0.717) is 5.75 Å². The fraction of sp³-hybridized carbons (Fsp3) is 0.697. The second-order valence-electron chi connectivity index (χ2n) is 13.1. The van der Waals surface area contributed by atoms with Gasteiger partial charge in [-0.15, -0.1) is 0 Å². The van der Waals surface area contributed by atoms with Crippen LogP contribution in [0.15, 0.2) is 28.1 Å². The Bertz CT molecular complexity index is 898. The molecule has 0 aromatic heterocycles. The molecular weight excluding hydrogens is 588 g/mol. The van der Waals surface area contributed by atoms with E-state index < -0.39 is 31.4 Å². The molecular formula is C33H55F3OSn. The molecule has 0 aliphatic heterocycles. The fourth-order valence-corrected chi connectivity index (χ4v) is 19.2. The van der Waals surface area contributed by atoms with Crippen LogP contribution in [-0.4, -0.2) is 31.4 Å². The number of hydrogen-bond donors (Lipinski definition) is 0. The Balaban J connectivity index is 3.76. The van der Waals surface area contributed by atoms with E-state index in [1.165, 1.54) is 0 Å². The molecule has 0 spiro atoms. The van der Waals surface area contributed by atoms with Gasteiger partial charge in [0.2, 0.25) is 0 Å². The zero-order valence-electron chi connectivity index (χ0n) is 26.0. The second-order valence-corrected chi connectivity index (χ2v) is 26.0. The van der Waals surface area contributed by atoms with Gasteiger partial charge in [0.25, 0.3) is 0 Å². The molecule has 1 nitrogen and oxygen atoms in total. The number of alkyl halides is 2. The maximum atomic E-state index is 16.2. The van der Waals surface area contributed by atoms with Gasteiger partial charge in [-0.05, 0) is 0 Å². The first kappa shape index (κ1) is 35.1. The molecule has 0 bridgehead atoms. The minimum atomic E-state index is -3.16. The summed E-state index contributed by atoms with van der Waals surface area (Å²) in [6.45, 7) is 20.5. The van der Waals surface area contributed by atoms with Gasteiger partial charge in [-0.3, -0.25) is 0 Å². The van der Waals surface area contributed by atoms with Crippen molar-refractivity contribution in [2.45, 2.75) is 138 Å². The summed E-state index contributed by atoms with van der Waals surface area (Å²) in [5, 5.41) is 0. The molecule has 38 heavy (non-hydrogen) atoms. The van der Waals surface area contributed by atoms with Crippen LogP contribution < -0.4 is 4.74 Å². The Morgan fingerprint density at radius 3 is 1.74 bits per heavy atom. The summed E-state index contributed by atoms with van der Waals surface area (Å²) in [4.78, 5) is 0. The normalized spacial score (nSPS) is 13.9. The third-order valence-corrected chi connectivity index (χ3v) is 22.1. The number of halogens is 3. The first-order valence-electron chi connectivity index (χ1n) is 14.8. The molecule has 0 N–H and O–H groups in total. The SMILES string of the molecule is CCC[CH2][Sn]([CH2]CCC)([CH2]CCC)[C](F)=CC=C(C)c1cc(C(C)(C)C)cc(C(C)(C)C)c1OCC(F)F. The first-order valence-corrected chi connectivity index (χ1v) is 22.3. The zero-order valence-corrected chi connectivity index (χ0v) is 28.9. The molecule has 5 heteroatoms. The summed E-state index contributed by atoms with van der Waals surface area (Å²) in [7, 11) is 0. The summed E-state index contributed by atoms with van der Waals surface area (Å²) >= 11 is -3.16. The molecule has 0 unspecified atom stereocenters. The second kappa shape index (κ2) is 15.8. The Morgan fingerprint density at radius 2 is 1.34 bits per heavy atom. The van der Waals surface area contributed by atoms with E-state index in [9.17, 15) is 8.78 Å². The third-order valence-electron chi connectivity index (χ3n) is 7.55. The summed E-state index contributed by atoms with van der Waals surface area (Å²) in [6, 6.07) is 4.14. The Kier molecular flexibility index (Phi) is 14.6. The van der Waals surface area contributed by atoms with Crippen molar-refractivity contribution in [2.75, 3.05) is 6.61 Å². The minimum absolute atomic E-state index is 0.135. The van der Waals surface area contributed by atoms with E-state index in [-0.39, 0.29) is 14.7 Å². The van der Waals surface area contributed by atoms with Gasteiger partial charge >= 0.3 is 237 Å². The average Bonchev–Trinajstić information content (AvgIpc) is 2.83. The first-order chi connectivity index (χ1) is 17.6. The molecule has 0 saturated heterocycles. The van der Waals surface area contributed by atoms with E-state index in [0.717, 1.165) is 74.1 Å². The van der Waals surface area contributed by atoms with Crippen molar-refractivity contribution in [3.05, 3.63) is 44.8 Å². The monoisotopic (exact) mass is 644 g/mol. The summed E-state index contributed by atoms with van der Waals surface area (Å²) in [6.07, 6.45) is 7.64. The quantitative estimate of drug-likeness (QED) is 0.137.